The molecule has 0 fully saturated rings. The van der Waals surface area contributed by atoms with Crippen molar-refractivity contribution in [3.8, 4) is 11.1 Å². The van der Waals surface area contributed by atoms with Crippen LogP contribution in [-0.2, 0) is 6.54 Å². The molecule has 0 unspecified atom stereocenters. The predicted octanol–water partition coefficient (Wildman–Crippen LogP) is 6.88. The van der Waals surface area contributed by atoms with Gasteiger partial charge in [0.25, 0.3) is 5.56 Å². The largest absolute Gasteiger partial charge is 0.323 e. The Hall–Kier alpha value is -3.71. The standard InChI is InChI=1S/C26H22ClF2N3O2/c1-4-32-24-15(3)11-14(2)12-18(24)22(17-7-5-6-8-19(17)27)23(25(32)33)31-26(34)30-21-10-9-16(28)13-20(21)29/h5-13H,4H2,1-3H3,(H2,30,31,34). The molecule has 0 saturated carbocycles. The number of hydrogen-bond donors (Lipinski definition) is 2. The fraction of sp³-hybridized carbons (Fsp3) is 0.154. The van der Waals surface area contributed by atoms with Crippen molar-refractivity contribution in [3.05, 3.63) is 92.7 Å². The predicted molar refractivity (Wildman–Crippen MR) is 133 cm³/mol. The minimum Gasteiger partial charge on any atom is -0.306 e. The zero-order valence-corrected chi connectivity index (χ0v) is 19.6. The fourth-order valence-corrected chi connectivity index (χ4v) is 4.44. The minimum atomic E-state index is -0.933. The van der Waals surface area contributed by atoms with Crippen molar-refractivity contribution in [1.29, 1.82) is 0 Å². The van der Waals surface area contributed by atoms with E-state index in [9.17, 15) is 18.4 Å². The van der Waals surface area contributed by atoms with E-state index in [0.29, 0.717) is 28.8 Å². The highest BCUT2D eigenvalue weighted by atomic mass is 35.5. The van der Waals surface area contributed by atoms with E-state index >= 15 is 0 Å². The Labute approximate surface area is 200 Å². The first-order valence-electron chi connectivity index (χ1n) is 10.7. The van der Waals surface area contributed by atoms with Gasteiger partial charge in [0.2, 0.25) is 0 Å². The van der Waals surface area contributed by atoms with E-state index in [1.165, 1.54) is 0 Å². The van der Waals surface area contributed by atoms with Gasteiger partial charge in [-0.1, -0.05) is 41.4 Å². The molecule has 34 heavy (non-hydrogen) atoms. The van der Waals surface area contributed by atoms with Crippen LogP contribution < -0.4 is 16.2 Å². The van der Waals surface area contributed by atoms with Crippen molar-refractivity contribution >= 4 is 39.9 Å². The molecule has 4 rings (SSSR count). The van der Waals surface area contributed by atoms with Crippen LogP contribution in [-0.4, -0.2) is 10.6 Å². The van der Waals surface area contributed by atoms with E-state index in [0.717, 1.165) is 34.2 Å². The molecule has 5 nitrogen and oxygen atoms in total. The Bertz CT molecular complexity index is 1500. The number of amides is 2. The topological polar surface area (TPSA) is 63.1 Å². The van der Waals surface area contributed by atoms with E-state index < -0.39 is 23.2 Å². The summed E-state index contributed by atoms with van der Waals surface area (Å²) >= 11 is 6.52. The van der Waals surface area contributed by atoms with Crippen LogP contribution in [0.1, 0.15) is 18.1 Å². The van der Waals surface area contributed by atoms with Crippen LogP contribution in [0.2, 0.25) is 5.02 Å². The molecular formula is C26H22ClF2N3O2. The maximum Gasteiger partial charge on any atom is 0.323 e. The smallest absolute Gasteiger partial charge is 0.306 e. The molecule has 0 aliphatic rings. The highest BCUT2D eigenvalue weighted by molar-refractivity contribution is 6.34. The molecule has 0 saturated heterocycles. The number of hydrogen-bond acceptors (Lipinski definition) is 2. The van der Waals surface area contributed by atoms with E-state index in [1.807, 2.05) is 32.9 Å². The lowest BCUT2D eigenvalue weighted by molar-refractivity contribution is 0.262. The van der Waals surface area contributed by atoms with Gasteiger partial charge in [0.1, 0.15) is 17.3 Å². The van der Waals surface area contributed by atoms with Crippen LogP contribution >= 0.6 is 11.6 Å². The third-order valence-electron chi connectivity index (χ3n) is 5.57. The SMILES string of the molecule is CCn1c(=O)c(NC(=O)Nc2ccc(F)cc2F)c(-c2ccccc2Cl)c2cc(C)cc(C)c21. The summed E-state index contributed by atoms with van der Waals surface area (Å²) in [6.45, 7) is 6.08. The maximum absolute atomic E-state index is 14.1. The van der Waals surface area contributed by atoms with Gasteiger partial charge in [-0.2, -0.15) is 0 Å². The number of halogens is 3. The molecule has 1 aromatic heterocycles. The molecule has 0 aliphatic heterocycles. The summed E-state index contributed by atoms with van der Waals surface area (Å²) in [6, 6.07) is 12.9. The molecule has 1 heterocycles. The lowest BCUT2D eigenvalue weighted by Gasteiger charge is -2.20. The fourth-order valence-electron chi connectivity index (χ4n) is 4.21. The second kappa shape index (κ2) is 9.27. The second-order valence-corrected chi connectivity index (χ2v) is 8.37. The summed E-state index contributed by atoms with van der Waals surface area (Å²) in [5, 5.41) is 6.09. The third kappa shape index (κ3) is 4.26. The molecule has 0 aliphatic carbocycles. The van der Waals surface area contributed by atoms with Crippen molar-refractivity contribution in [2.75, 3.05) is 10.6 Å². The number of rotatable bonds is 4. The molecule has 0 radical (unpaired) electrons. The third-order valence-corrected chi connectivity index (χ3v) is 5.90. The molecule has 2 N–H and O–H groups in total. The molecule has 8 heteroatoms. The quantitative estimate of drug-likeness (QED) is 0.333. The van der Waals surface area contributed by atoms with Crippen LogP contribution in [0.15, 0.2) is 59.4 Å². The summed E-state index contributed by atoms with van der Waals surface area (Å²) < 4.78 is 28.9. The molecule has 2 amide bonds. The summed E-state index contributed by atoms with van der Waals surface area (Å²) in [5.74, 6) is -1.70. The Kier molecular flexibility index (Phi) is 6.39. The number of aryl methyl sites for hydroxylation is 3. The summed E-state index contributed by atoms with van der Waals surface area (Å²) in [4.78, 5) is 26.5. The Balaban J connectivity index is 1.96. The Morgan fingerprint density at radius 1 is 1.03 bits per heavy atom. The normalized spacial score (nSPS) is 11.0. The van der Waals surface area contributed by atoms with Gasteiger partial charge in [0.15, 0.2) is 0 Å². The molecule has 174 valence electrons. The molecule has 0 spiro atoms. The minimum absolute atomic E-state index is 0.00692. The van der Waals surface area contributed by atoms with Crippen LogP contribution in [0.25, 0.3) is 22.0 Å². The van der Waals surface area contributed by atoms with Gasteiger partial charge >= 0.3 is 6.03 Å². The number of fused-ring (bicyclic) bond motifs is 1. The van der Waals surface area contributed by atoms with E-state index in [4.69, 9.17) is 11.6 Å². The highest BCUT2D eigenvalue weighted by Gasteiger charge is 2.22. The number of carbonyl (C=O) groups excluding carboxylic acids is 1. The Morgan fingerprint density at radius 2 is 1.76 bits per heavy atom. The van der Waals surface area contributed by atoms with E-state index in [1.54, 1.807) is 28.8 Å². The molecule has 3 aromatic carbocycles. The lowest BCUT2D eigenvalue weighted by atomic mass is 9.95. The van der Waals surface area contributed by atoms with Crippen molar-refractivity contribution in [1.82, 2.24) is 4.57 Å². The van der Waals surface area contributed by atoms with Gasteiger partial charge in [-0.3, -0.25) is 4.79 Å². The Morgan fingerprint density at radius 3 is 2.44 bits per heavy atom. The van der Waals surface area contributed by atoms with E-state index in [2.05, 4.69) is 10.6 Å². The van der Waals surface area contributed by atoms with Crippen LogP contribution in [0.5, 0.6) is 0 Å². The molecule has 4 aromatic rings. The molecular weight excluding hydrogens is 460 g/mol. The van der Waals surface area contributed by atoms with Crippen molar-refractivity contribution < 1.29 is 13.6 Å². The molecule has 0 atom stereocenters. The number of nitrogens with zero attached hydrogens (tertiary/aromatic N) is 1. The van der Waals surface area contributed by atoms with Crippen molar-refractivity contribution in [3.63, 3.8) is 0 Å². The number of anilines is 2. The second-order valence-electron chi connectivity index (χ2n) is 7.96. The van der Waals surface area contributed by atoms with Crippen molar-refractivity contribution in [2.45, 2.75) is 27.3 Å². The van der Waals surface area contributed by atoms with Gasteiger partial charge in [-0.05, 0) is 50.6 Å². The molecule has 0 bridgehead atoms. The zero-order chi connectivity index (χ0) is 24.6. The first kappa shape index (κ1) is 23.4. The van der Waals surface area contributed by atoms with Crippen LogP contribution in [0.3, 0.4) is 0 Å². The zero-order valence-electron chi connectivity index (χ0n) is 18.8. The first-order valence-corrected chi connectivity index (χ1v) is 11.0. The van der Waals surface area contributed by atoms with E-state index in [-0.39, 0.29) is 11.4 Å². The van der Waals surface area contributed by atoms with Gasteiger partial charge in [-0.25, -0.2) is 13.6 Å². The monoisotopic (exact) mass is 481 g/mol. The number of aromatic nitrogens is 1. The highest BCUT2D eigenvalue weighted by Crippen LogP contribution is 2.38. The number of carbonyl (C=O) groups is 1. The average molecular weight is 482 g/mol. The number of pyridine rings is 1. The lowest BCUT2D eigenvalue weighted by Crippen LogP contribution is -2.29. The van der Waals surface area contributed by atoms with Crippen LogP contribution in [0.4, 0.5) is 25.0 Å². The summed E-state index contributed by atoms with van der Waals surface area (Å²) in [6.07, 6.45) is 0. The number of urea groups is 1. The first-order chi connectivity index (χ1) is 16.2. The van der Waals surface area contributed by atoms with Gasteiger partial charge in [0.05, 0.1) is 11.2 Å². The van der Waals surface area contributed by atoms with Gasteiger partial charge in [-0.15, -0.1) is 0 Å². The van der Waals surface area contributed by atoms with Crippen molar-refractivity contribution in [2.24, 2.45) is 0 Å². The summed E-state index contributed by atoms with van der Waals surface area (Å²) in [7, 11) is 0. The maximum atomic E-state index is 14.1. The van der Waals surface area contributed by atoms with Gasteiger partial charge in [0, 0.05) is 34.1 Å². The summed E-state index contributed by atoms with van der Waals surface area (Å²) in [5.41, 5.74) is 3.03. The van der Waals surface area contributed by atoms with Crippen LogP contribution in [0, 0.1) is 25.5 Å². The van der Waals surface area contributed by atoms with Gasteiger partial charge < -0.3 is 15.2 Å². The number of benzene rings is 3. The number of nitrogens with one attached hydrogen (secondary N) is 2. The average Bonchev–Trinajstić information content (AvgIpc) is 2.77.